The van der Waals surface area contributed by atoms with Crippen molar-refractivity contribution in [3.63, 3.8) is 0 Å². The molecule has 1 aliphatic rings. The molecule has 4 heteroatoms. The van der Waals surface area contributed by atoms with Crippen LogP contribution in [0.4, 0.5) is 10.1 Å². The molecule has 1 atom stereocenters. The van der Waals surface area contributed by atoms with Crippen molar-refractivity contribution in [1.29, 1.82) is 0 Å². The number of halogens is 2. The summed E-state index contributed by atoms with van der Waals surface area (Å²) in [5, 5.41) is 1.05. The van der Waals surface area contributed by atoms with Crippen LogP contribution in [-0.4, -0.2) is 43.0 Å². The maximum Gasteiger partial charge on any atom is 0.146 e. The molecule has 1 aromatic carbocycles. The summed E-state index contributed by atoms with van der Waals surface area (Å²) in [5.41, 5.74) is 0.744. The quantitative estimate of drug-likeness (QED) is 0.754. The molecule has 0 aromatic heterocycles. The Bertz CT molecular complexity index is 417. The number of piperazine rings is 1. The minimum absolute atomic E-state index is 0.110. The number of hydrogen-bond acceptors (Lipinski definition) is 2. The van der Waals surface area contributed by atoms with Gasteiger partial charge in [0.1, 0.15) is 5.82 Å². The average molecular weight is 343 g/mol. The zero-order valence-electron chi connectivity index (χ0n) is 12.4. The molecule has 0 spiro atoms. The lowest BCUT2D eigenvalue weighted by Crippen LogP contribution is -2.48. The number of alkyl halides is 1. The Kier molecular flexibility index (Phi) is 5.85. The molecule has 0 bridgehead atoms. The van der Waals surface area contributed by atoms with Crippen LogP contribution in [0.2, 0.25) is 0 Å². The first kappa shape index (κ1) is 15.8. The topological polar surface area (TPSA) is 6.48 Å². The highest BCUT2D eigenvalue weighted by molar-refractivity contribution is 9.09. The summed E-state index contributed by atoms with van der Waals surface area (Å²) in [6, 6.07) is 7.07. The monoisotopic (exact) mass is 342 g/mol. The van der Waals surface area contributed by atoms with Gasteiger partial charge in [0.25, 0.3) is 0 Å². The highest BCUT2D eigenvalue weighted by atomic mass is 79.9. The standard InChI is InChI=1S/C16H24BrFN2/c1-13(2)14(11-17)12-19-7-9-20(10-8-19)16-6-4-3-5-15(16)18/h3-6,13-14H,7-12H2,1-2H3. The Morgan fingerprint density at radius 2 is 1.80 bits per heavy atom. The van der Waals surface area contributed by atoms with Crippen LogP contribution >= 0.6 is 15.9 Å². The molecule has 0 radical (unpaired) electrons. The minimum Gasteiger partial charge on any atom is -0.367 e. The molecular weight excluding hydrogens is 319 g/mol. The molecule has 20 heavy (non-hydrogen) atoms. The van der Waals surface area contributed by atoms with Crippen molar-refractivity contribution < 1.29 is 4.39 Å². The van der Waals surface area contributed by atoms with Crippen LogP contribution < -0.4 is 4.90 Å². The van der Waals surface area contributed by atoms with Gasteiger partial charge < -0.3 is 4.90 Å². The van der Waals surface area contributed by atoms with Gasteiger partial charge in [0.05, 0.1) is 5.69 Å². The molecule has 112 valence electrons. The lowest BCUT2D eigenvalue weighted by atomic mass is 9.97. The van der Waals surface area contributed by atoms with Crippen molar-refractivity contribution >= 4 is 21.6 Å². The molecule has 1 aliphatic heterocycles. The van der Waals surface area contributed by atoms with Gasteiger partial charge in [-0.3, -0.25) is 4.90 Å². The van der Waals surface area contributed by atoms with Crippen molar-refractivity contribution in [2.24, 2.45) is 11.8 Å². The molecule has 2 rings (SSSR count). The first-order valence-electron chi connectivity index (χ1n) is 7.39. The molecule has 1 aromatic rings. The fraction of sp³-hybridized carbons (Fsp3) is 0.625. The Labute approximate surface area is 130 Å². The van der Waals surface area contributed by atoms with E-state index in [1.807, 2.05) is 12.1 Å². The highest BCUT2D eigenvalue weighted by Gasteiger charge is 2.22. The van der Waals surface area contributed by atoms with Crippen LogP contribution in [0.5, 0.6) is 0 Å². The van der Waals surface area contributed by atoms with Gasteiger partial charge in [0.15, 0.2) is 0 Å². The molecule has 0 amide bonds. The van der Waals surface area contributed by atoms with Crippen molar-refractivity contribution in [3.05, 3.63) is 30.1 Å². The molecule has 0 saturated carbocycles. The molecule has 0 N–H and O–H groups in total. The van der Waals surface area contributed by atoms with E-state index < -0.39 is 0 Å². The van der Waals surface area contributed by atoms with E-state index in [-0.39, 0.29) is 5.82 Å². The molecule has 1 saturated heterocycles. The first-order valence-corrected chi connectivity index (χ1v) is 8.51. The third kappa shape index (κ3) is 3.95. The Morgan fingerprint density at radius 3 is 2.35 bits per heavy atom. The summed E-state index contributed by atoms with van der Waals surface area (Å²) in [6.07, 6.45) is 0. The predicted molar refractivity (Wildman–Crippen MR) is 87.2 cm³/mol. The van der Waals surface area contributed by atoms with Crippen LogP contribution in [0.25, 0.3) is 0 Å². The van der Waals surface area contributed by atoms with Crippen molar-refractivity contribution in [2.45, 2.75) is 13.8 Å². The summed E-state index contributed by atoms with van der Waals surface area (Å²) >= 11 is 3.61. The van der Waals surface area contributed by atoms with Crippen molar-refractivity contribution in [3.8, 4) is 0 Å². The Balaban J connectivity index is 1.88. The second-order valence-electron chi connectivity index (χ2n) is 5.90. The fourth-order valence-corrected chi connectivity index (χ4v) is 3.60. The smallest absolute Gasteiger partial charge is 0.146 e. The van der Waals surface area contributed by atoms with E-state index in [4.69, 9.17) is 0 Å². The van der Waals surface area contributed by atoms with E-state index in [0.717, 1.165) is 43.7 Å². The summed E-state index contributed by atoms with van der Waals surface area (Å²) in [5.74, 6) is 1.27. The van der Waals surface area contributed by atoms with Gasteiger partial charge in [-0.2, -0.15) is 0 Å². The minimum atomic E-state index is -0.110. The van der Waals surface area contributed by atoms with Gasteiger partial charge >= 0.3 is 0 Å². The largest absolute Gasteiger partial charge is 0.367 e. The van der Waals surface area contributed by atoms with Crippen molar-refractivity contribution in [2.75, 3.05) is 43.0 Å². The normalized spacial score (nSPS) is 18.6. The summed E-state index contributed by atoms with van der Waals surface area (Å²) in [7, 11) is 0. The summed E-state index contributed by atoms with van der Waals surface area (Å²) in [4.78, 5) is 4.66. The van der Waals surface area contributed by atoms with Crippen molar-refractivity contribution in [1.82, 2.24) is 4.90 Å². The average Bonchev–Trinajstić information content (AvgIpc) is 2.46. The zero-order valence-corrected chi connectivity index (χ0v) is 13.9. The van der Waals surface area contributed by atoms with Crippen LogP contribution in [-0.2, 0) is 0 Å². The lowest BCUT2D eigenvalue weighted by molar-refractivity contribution is 0.204. The number of nitrogens with zero attached hydrogens (tertiary/aromatic N) is 2. The van der Waals surface area contributed by atoms with E-state index in [9.17, 15) is 4.39 Å². The lowest BCUT2D eigenvalue weighted by Gasteiger charge is -2.38. The van der Waals surface area contributed by atoms with Gasteiger partial charge in [-0.05, 0) is 24.0 Å². The molecule has 2 nitrogen and oxygen atoms in total. The molecular formula is C16H24BrFN2. The van der Waals surface area contributed by atoms with E-state index in [1.54, 1.807) is 12.1 Å². The zero-order chi connectivity index (χ0) is 14.5. The van der Waals surface area contributed by atoms with E-state index in [0.29, 0.717) is 11.8 Å². The second-order valence-corrected chi connectivity index (χ2v) is 6.54. The number of anilines is 1. The van der Waals surface area contributed by atoms with Crippen LogP contribution in [0.15, 0.2) is 24.3 Å². The first-order chi connectivity index (χ1) is 9.61. The SMILES string of the molecule is CC(C)C(CBr)CN1CCN(c2ccccc2F)CC1. The van der Waals surface area contributed by atoms with Gasteiger partial charge in [0.2, 0.25) is 0 Å². The van der Waals surface area contributed by atoms with Gasteiger partial charge in [-0.1, -0.05) is 41.9 Å². The third-order valence-corrected chi connectivity index (χ3v) is 5.03. The maximum absolute atomic E-state index is 13.8. The number of para-hydroxylation sites is 1. The number of benzene rings is 1. The Morgan fingerprint density at radius 1 is 1.15 bits per heavy atom. The molecule has 0 aliphatic carbocycles. The van der Waals surface area contributed by atoms with Gasteiger partial charge in [-0.15, -0.1) is 0 Å². The predicted octanol–water partition coefficient (Wildman–Crippen LogP) is 3.61. The van der Waals surface area contributed by atoms with Crippen LogP contribution in [0.3, 0.4) is 0 Å². The van der Waals surface area contributed by atoms with Gasteiger partial charge in [-0.25, -0.2) is 4.39 Å². The summed E-state index contributed by atoms with van der Waals surface area (Å²) < 4.78 is 13.8. The molecule has 1 heterocycles. The second kappa shape index (κ2) is 7.41. The van der Waals surface area contributed by atoms with Gasteiger partial charge in [0, 0.05) is 38.1 Å². The maximum atomic E-state index is 13.8. The molecule has 1 fully saturated rings. The van der Waals surface area contributed by atoms with E-state index >= 15 is 0 Å². The number of hydrogen-bond donors (Lipinski definition) is 0. The highest BCUT2D eigenvalue weighted by Crippen LogP contribution is 2.21. The van der Waals surface area contributed by atoms with Crippen LogP contribution in [0, 0.1) is 17.7 Å². The van der Waals surface area contributed by atoms with Crippen LogP contribution in [0.1, 0.15) is 13.8 Å². The summed E-state index contributed by atoms with van der Waals surface area (Å²) in [6.45, 7) is 9.55. The number of rotatable bonds is 5. The fourth-order valence-electron chi connectivity index (χ4n) is 2.65. The van der Waals surface area contributed by atoms with E-state index in [2.05, 4.69) is 39.6 Å². The molecule has 1 unspecified atom stereocenters. The third-order valence-electron chi connectivity index (χ3n) is 4.20. The Hall–Kier alpha value is -0.610. The van der Waals surface area contributed by atoms with E-state index in [1.165, 1.54) is 0 Å².